The van der Waals surface area contributed by atoms with E-state index in [1.54, 1.807) is 42.5 Å². The zero-order valence-corrected chi connectivity index (χ0v) is 19.7. The largest absolute Gasteiger partial charge is 0.507 e. The number of methoxy groups -OCH3 is 1. The van der Waals surface area contributed by atoms with E-state index in [0.29, 0.717) is 27.0 Å². The fourth-order valence-electron chi connectivity index (χ4n) is 3.49. The standard InChI is InChI=1S/C23H18Cl2N2O4S/c1-11-12(2)32-23(26-11)27-19(14-6-9-16(24)17(25)10-14)18(21(29)22(27)30)20(28)13-4-7-15(31-3)8-5-13/h4-10,19,28H,1-3H3/t19-/m0/s1. The van der Waals surface area contributed by atoms with Crippen molar-refractivity contribution in [1.82, 2.24) is 4.98 Å². The normalized spacial score (nSPS) is 17.8. The average molecular weight is 489 g/mol. The van der Waals surface area contributed by atoms with Crippen LogP contribution in [0.3, 0.4) is 0 Å². The van der Waals surface area contributed by atoms with Crippen molar-refractivity contribution in [3.8, 4) is 5.75 Å². The minimum absolute atomic E-state index is 0.0518. The molecule has 2 heterocycles. The number of aryl methyl sites for hydroxylation is 2. The van der Waals surface area contributed by atoms with Crippen LogP contribution in [-0.2, 0) is 9.59 Å². The highest BCUT2D eigenvalue weighted by Crippen LogP contribution is 2.44. The zero-order chi connectivity index (χ0) is 23.2. The first-order valence-electron chi connectivity index (χ1n) is 9.57. The van der Waals surface area contributed by atoms with Crippen molar-refractivity contribution in [2.45, 2.75) is 19.9 Å². The number of aliphatic hydroxyl groups excluding tert-OH is 1. The van der Waals surface area contributed by atoms with E-state index in [2.05, 4.69) is 4.98 Å². The zero-order valence-electron chi connectivity index (χ0n) is 17.3. The second kappa shape index (κ2) is 8.58. The van der Waals surface area contributed by atoms with Crippen LogP contribution in [0.4, 0.5) is 5.13 Å². The number of nitrogens with zero attached hydrogens (tertiary/aromatic N) is 2. The van der Waals surface area contributed by atoms with Crippen molar-refractivity contribution in [1.29, 1.82) is 0 Å². The van der Waals surface area contributed by atoms with E-state index < -0.39 is 17.7 Å². The fraction of sp³-hybridized carbons (Fsp3) is 0.174. The van der Waals surface area contributed by atoms with Crippen LogP contribution in [-0.4, -0.2) is 28.9 Å². The molecule has 0 spiro atoms. The number of rotatable bonds is 4. The molecule has 0 radical (unpaired) electrons. The van der Waals surface area contributed by atoms with Crippen LogP contribution in [0.15, 0.2) is 48.0 Å². The molecule has 4 rings (SSSR count). The Labute approximate surface area is 198 Å². The highest BCUT2D eigenvalue weighted by molar-refractivity contribution is 7.16. The van der Waals surface area contributed by atoms with Crippen LogP contribution in [0.2, 0.25) is 10.0 Å². The van der Waals surface area contributed by atoms with Gasteiger partial charge in [0.05, 0.1) is 34.5 Å². The van der Waals surface area contributed by atoms with Gasteiger partial charge in [-0.15, -0.1) is 11.3 Å². The summed E-state index contributed by atoms with van der Waals surface area (Å²) in [5.41, 5.74) is 1.61. The van der Waals surface area contributed by atoms with Crippen LogP contribution < -0.4 is 9.64 Å². The maximum atomic E-state index is 13.1. The number of carbonyl (C=O) groups is 2. The van der Waals surface area contributed by atoms with Gasteiger partial charge in [-0.05, 0) is 55.8 Å². The SMILES string of the molecule is COc1ccc(C(O)=C2C(=O)C(=O)N(c3nc(C)c(C)s3)[C@H]2c2ccc(Cl)c(Cl)c2)cc1. The minimum Gasteiger partial charge on any atom is -0.507 e. The number of benzene rings is 2. The second-order valence-electron chi connectivity index (χ2n) is 7.21. The van der Waals surface area contributed by atoms with Gasteiger partial charge in [0.15, 0.2) is 5.13 Å². The highest BCUT2D eigenvalue weighted by atomic mass is 35.5. The number of Topliss-reactive ketones (excluding diaryl/α,β-unsaturated/α-hetero) is 1. The van der Waals surface area contributed by atoms with Gasteiger partial charge < -0.3 is 9.84 Å². The van der Waals surface area contributed by atoms with E-state index in [-0.39, 0.29) is 16.4 Å². The van der Waals surface area contributed by atoms with Gasteiger partial charge in [0.2, 0.25) is 0 Å². The van der Waals surface area contributed by atoms with Gasteiger partial charge in [0, 0.05) is 10.4 Å². The van der Waals surface area contributed by atoms with E-state index in [4.69, 9.17) is 27.9 Å². The highest BCUT2D eigenvalue weighted by Gasteiger charge is 2.48. The maximum Gasteiger partial charge on any atom is 0.301 e. The van der Waals surface area contributed by atoms with Gasteiger partial charge >= 0.3 is 5.91 Å². The molecule has 1 atom stereocenters. The molecule has 1 aliphatic rings. The van der Waals surface area contributed by atoms with Crippen molar-refractivity contribution in [3.63, 3.8) is 0 Å². The number of aromatic nitrogens is 1. The molecule has 1 fully saturated rings. The second-order valence-corrected chi connectivity index (χ2v) is 9.21. The Morgan fingerprint density at radius 1 is 1.09 bits per heavy atom. The lowest BCUT2D eigenvalue weighted by atomic mass is 9.95. The topological polar surface area (TPSA) is 79.7 Å². The third-order valence-electron chi connectivity index (χ3n) is 5.29. The van der Waals surface area contributed by atoms with Crippen molar-refractivity contribution in [2.75, 3.05) is 12.0 Å². The van der Waals surface area contributed by atoms with Crippen LogP contribution in [0.5, 0.6) is 5.75 Å². The van der Waals surface area contributed by atoms with E-state index in [1.807, 2.05) is 13.8 Å². The number of aliphatic hydroxyl groups is 1. The predicted molar refractivity (Wildman–Crippen MR) is 126 cm³/mol. The monoisotopic (exact) mass is 488 g/mol. The quantitative estimate of drug-likeness (QED) is 0.289. The van der Waals surface area contributed by atoms with Crippen molar-refractivity contribution >= 4 is 57.1 Å². The van der Waals surface area contributed by atoms with Crippen molar-refractivity contribution < 1.29 is 19.4 Å². The minimum atomic E-state index is -0.920. The lowest BCUT2D eigenvalue weighted by Gasteiger charge is -2.23. The number of hydrogen-bond donors (Lipinski definition) is 1. The van der Waals surface area contributed by atoms with Crippen LogP contribution in [0.1, 0.15) is 27.7 Å². The Morgan fingerprint density at radius 3 is 2.34 bits per heavy atom. The summed E-state index contributed by atoms with van der Waals surface area (Å²) in [6.45, 7) is 3.72. The van der Waals surface area contributed by atoms with Gasteiger partial charge in [-0.25, -0.2) is 4.98 Å². The number of halogens is 2. The molecule has 1 saturated heterocycles. The Bertz CT molecular complexity index is 1250. The number of amides is 1. The van der Waals surface area contributed by atoms with Crippen LogP contribution >= 0.6 is 34.5 Å². The Balaban J connectivity index is 1.94. The molecule has 0 unspecified atom stereocenters. The lowest BCUT2D eigenvalue weighted by Crippen LogP contribution is -2.29. The molecule has 3 aromatic rings. The molecular formula is C23H18Cl2N2O4S. The molecule has 6 nitrogen and oxygen atoms in total. The van der Waals surface area contributed by atoms with E-state index >= 15 is 0 Å². The summed E-state index contributed by atoms with van der Waals surface area (Å²) in [5, 5.41) is 12.1. The summed E-state index contributed by atoms with van der Waals surface area (Å²) in [4.78, 5) is 33.0. The molecule has 32 heavy (non-hydrogen) atoms. The molecule has 164 valence electrons. The molecule has 0 saturated carbocycles. The van der Waals surface area contributed by atoms with E-state index in [0.717, 1.165) is 10.6 Å². The van der Waals surface area contributed by atoms with E-state index in [9.17, 15) is 14.7 Å². The number of anilines is 1. The Kier molecular flexibility index (Phi) is 5.99. The van der Waals surface area contributed by atoms with Gasteiger partial charge in [-0.2, -0.15) is 0 Å². The molecule has 1 N–H and O–H groups in total. The molecule has 0 bridgehead atoms. The summed E-state index contributed by atoms with van der Waals surface area (Å²) in [5.74, 6) is -1.28. The summed E-state index contributed by atoms with van der Waals surface area (Å²) >= 11 is 13.6. The summed E-state index contributed by atoms with van der Waals surface area (Å²) < 4.78 is 5.15. The number of ether oxygens (including phenoxy) is 1. The van der Waals surface area contributed by atoms with Gasteiger partial charge in [-0.3, -0.25) is 14.5 Å². The Morgan fingerprint density at radius 2 is 1.78 bits per heavy atom. The first kappa shape index (κ1) is 22.3. The third kappa shape index (κ3) is 3.77. The molecule has 2 aromatic carbocycles. The molecule has 1 aromatic heterocycles. The van der Waals surface area contributed by atoms with Gasteiger partial charge in [0.25, 0.3) is 5.78 Å². The van der Waals surface area contributed by atoms with Gasteiger partial charge in [0.1, 0.15) is 11.5 Å². The van der Waals surface area contributed by atoms with Crippen molar-refractivity contribution in [2.24, 2.45) is 0 Å². The molecule has 1 amide bonds. The van der Waals surface area contributed by atoms with Gasteiger partial charge in [-0.1, -0.05) is 29.3 Å². The molecule has 9 heteroatoms. The maximum absolute atomic E-state index is 13.1. The summed E-state index contributed by atoms with van der Waals surface area (Å²) in [7, 11) is 1.53. The average Bonchev–Trinajstić information content (AvgIpc) is 3.25. The molecule has 0 aliphatic carbocycles. The van der Waals surface area contributed by atoms with E-state index in [1.165, 1.54) is 23.3 Å². The lowest BCUT2D eigenvalue weighted by molar-refractivity contribution is -0.132. The number of carbonyl (C=O) groups excluding carboxylic acids is 2. The fourth-order valence-corrected chi connectivity index (χ4v) is 4.73. The summed E-state index contributed by atoms with van der Waals surface area (Å²) in [6, 6.07) is 10.5. The van der Waals surface area contributed by atoms with Crippen LogP contribution in [0, 0.1) is 13.8 Å². The number of thiazole rings is 1. The Hall–Kier alpha value is -2.87. The van der Waals surface area contributed by atoms with Crippen LogP contribution in [0.25, 0.3) is 5.76 Å². The smallest absolute Gasteiger partial charge is 0.301 e. The third-order valence-corrected chi connectivity index (χ3v) is 7.10. The first-order chi connectivity index (χ1) is 15.2. The molecular weight excluding hydrogens is 471 g/mol. The number of ketones is 1. The number of hydrogen-bond acceptors (Lipinski definition) is 6. The first-order valence-corrected chi connectivity index (χ1v) is 11.1. The van der Waals surface area contributed by atoms with Crippen molar-refractivity contribution in [3.05, 3.63) is 79.8 Å². The summed E-state index contributed by atoms with van der Waals surface area (Å²) in [6.07, 6.45) is 0. The predicted octanol–water partition coefficient (Wildman–Crippen LogP) is 5.70. The molecule has 1 aliphatic heterocycles.